The lowest BCUT2D eigenvalue weighted by atomic mass is 10.1. The lowest BCUT2D eigenvalue weighted by Gasteiger charge is -2.23. The van der Waals surface area contributed by atoms with E-state index in [-0.39, 0.29) is 24.4 Å². The highest BCUT2D eigenvalue weighted by molar-refractivity contribution is 5.90. The molecule has 2 aromatic rings. The van der Waals surface area contributed by atoms with E-state index in [1.54, 1.807) is 12.4 Å². The molecule has 0 aliphatic carbocycles. The van der Waals surface area contributed by atoms with E-state index >= 15 is 0 Å². The third kappa shape index (κ3) is 3.33. The zero-order valence-corrected chi connectivity index (χ0v) is 12.7. The van der Waals surface area contributed by atoms with Gasteiger partial charge in [0, 0.05) is 18.5 Å². The number of amides is 1. The summed E-state index contributed by atoms with van der Waals surface area (Å²) < 4.78 is 6.97. The number of fused-ring (bicyclic) bond motifs is 1. The van der Waals surface area contributed by atoms with Crippen LogP contribution in [-0.2, 0) is 17.8 Å². The van der Waals surface area contributed by atoms with E-state index in [9.17, 15) is 4.79 Å². The fourth-order valence-corrected chi connectivity index (χ4v) is 2.44. The average molecular weight is 304 g/mol. The van der Waals surface area contributed by atoms with Crippen LogP contribution in [0, 0.1) is 0 Å². The lowest BCUT2D eigenvalue weighted by Crippen LogP contribution is -2.41. The molecule has 1 atom stereocenters. The second-order valence-corrected chi connectivity index (χ2v) is 5.79. The van der Waals surface area contributed by atoms with Gasteiger partial charge in [-0.3, -0.25) is 10.1 Å². The van der Waals surface area contributed by atoms with E-state index in [2.05, 4.69) is 25.9 Å². The van der Waals surface area contributed by atoms with Crippen molar-refractivity contribution in [2.75, 3.05) is 11.9 Å². The highest BCUT2D eigenvalue weighted by Crippen LogP contribution is 2.17. The standard InChI is InChI=1S/C14H20N6O2/c1-9(2)11-5-14(22-19-11)18-13(21)6-15-10-3-4-12-16-8-17-20(12)7-10/h5,8-10,15H,3-4,6-7H2,1-2H3,(H,18,21)/t10-/m1/s1. The smallest absolute Gasteiger partial charge is 0.240 e. The Balaban J connectivity index is 1.46. The number of aromatic nitrogens is 4. The first-order chi connectivity index (χ1) is 10.6. The lowest BCUT2D eigenvalue weighted by molar-refractivity contribution is -0.115. The van der Waals surface area contributed by atoms with Gasteiger partial charge in [-0.2, -0.15) is 5.10 Å². The molecule has 2 N–H and O–H groups in total. The molecule has 0 radical (unpaired) electrons. The molecule has 0 saturated carbocycles. The Labute approximate surface area is 128 Å². The highest BCUT2D eigenvalue weighted by Gasteiger charge is 2.20. The second-order valence-electron chi connectivity index (χ2n) is 5.79. The van der Waals surface area contributed by atoms with Gasteiger partial charge in [0.25, 0.3) is 0 Å². The average Bonchev–Trinajstić information content (AvgIpc) is 3.13. The SMILES string of the molecule is CC(C)c1cc(NC(=O)CN[C@@H]2CCc3ncnn3C2)on1. The third-order valence-corrected chi connectivity index (χ3v) is 3.74. The zero-order valence-electron chi connectivity index (χ0n) is 12.7. The quantitative estimate of drug-likeness (QED) is 0.853. The number of nitrogens with one attached hydrogen (secondary N) is 2. The summed E-state index contributed by atoms with van der Waals surface area (Å²) >= 11 is 0. The van der Waals surface area contributed by atoms with Gasteiger partial charge >= 0.3 is 0 Å². The fourth-order valence-electron chi connectivity index (χ4n) is 2.44. The van der Waals surface area contributed by atoms with Crippen molar-refractivity contribution < 1.29 is 9.32 Å². The maximum atomic E-state index is 11.9. The number of hydrogen-bond acceptors (Lipinski definition) is 6. The fraction of sp³-hybridized carbons (Fsp3) is 0.571. The number of aryl methyl sites for hydroxylation is 1. The van der Waals surface area contributed by atoms with Crippen LogP contribution in [0.2, 0.25) is 0 Å². The van der Waals surface area contributed by atoms with Gasteiger partial charge in [-0.05, 0) is 12.3 Å². The van der Waals surface area contributed by atoms with Gasteiger partial charge < -0.3 is 9.84 Å². The van der Waals surface area contributed by atoms with Crippen LogP contribution in [-0.4, -0.2) is 38.4 Å². The van der Waals surface area contributed by atoms with Crippen LogP contribution in [0.25, 0.3) is 0 Å². The molecule has 3 heterocycles. The van der Waals surface area contributed by atoms with Crippen molar-refractivity contribution in [3.8, 4) is 0 Å². The summed E-state index contributed by atoms with van der Waals surface area (Å²) in [6.45, 7) is 5.01. The molecule has 3 rings (SSSR count). The van der Waals surface area contributed by atoms with Crippen LogP contribution >= 0.6 is 0 Å². The van der Waals surface area contributed by atoms with Crippen molar-refractivity contribution in [2.24, 2.45) is 0 Å². The Morgan fingerprint density at radius 2 is 2.41 bits per heavy atom. The van der Waals surface area contributed by atoms with Gasteiger partial charge in [-0.1, -0.05) is 19.0 Å². The summed E-state index contributed by atoms with van der Waals surface area (Å²) in [5, 5.41) is 14.0. The van der Waals surface area contributed by atoms with E-state index in [4.69, 9.17) is 4.52 Å². The predicted molar refractivity (Wildman–Crippen MR) is 79.4 cm³/mol. The summed E-state index contributed by atoms with van der Waals surface area (Å²) in [4.78, 5) is 16.1. The molecule has 0 spiro atoms. The molecule has 8 heteroatoms. The van der Waals surface area contributed by atoms with Crippen LogP contribution in [0.3, 0.4) is 0 Å². The normalized spacial score (nSPS) is 17.5. The number of nitrogens with zero attached hydrogens (tertiary/aromatic N) is 4. The number of carbonyl (C=O) groups excluding carboxylic acids is 1. The van der Waals surface area contributed by atoms with Crippen molar-refractivity contribution in [3.05, 3.63) is 23.9 Å². The number of carbonyl (C=O) groups is 1. The minimum absolute atomic E-state index is 0.143. The highest BCUT2D eigenvalue weighted by atomic mass is 16.5. The third-order valence-electron chi connectivity index (χ3n) is 3.74. The van der Waals surface area contributed by atoms with Crippen molar-refractivity contribution in [3.63, 3.8) is 0 Å². The van der Waals surface area contributed by atoms with Gasteiger partial charge in [0.2, 0.25) is 11.8 Å². The van der Waals surface area contributed by atoms with E-state index in [0.29, 0.717) is 5.88 Å². The second kappa shape index (κ2) is 6.27. The van der Waals surface area contributed by atoms with Crippen molar-refractivity contribution in [1.29, 1.82) is 0 Å². The molecule has 0 aromatic carbocycles. The predicted octanol–water partition coefficient (Wildman–Crippen LogP) is 0.933. The summed E-state index contributed by atoms with van der Waals surface area (Å²) in [5.74, 6) is 1.52. The summed E-state index contributed by atoms with van der Waals surface area (Å²) in [6.07, 6.45) is 3.39. The molecule has 0 fully saturated rings. The van der Waals surface area contributed by atoms with Crippen molar-refractivity contribution in [2.45, 2.75) is 45.2 Å². The molecular weight excluding hydrogens is 284 g/mol. The maximum absolute atomic E-state index is 11.9. The molecule has 1 amide bonds. The summed E-state index contributed by atoms with van der Waals surface area (Å²) in [7, 11) is 0. The van der Waals surface area contributed by atoms with Crippen LogP contribution < -0.4 is 10.6 Å². The van der Waals surface area contributed by atoms with E-state index in [0.717, 1.165) is 30.9 Å². The van der Waals surface area contributed by atoms with Crippen LogP contribution in [0.15, 0.2) is 16.9 Å². The Morgan fingerprint density at radius 1 is 1.55 bits per heavy atom. The van der Waals surface area contributed by atoms with Crippen LogP contribution in [0.5, 0.6) is 0 Å². The first-order valence-corrected chi connectivity index (χ1v) is 7.48. The molecule has 0 bridgehead atoms. The topological polar surface area (TPSA) is 97.9 Å². The zero-order chi connectivity index (χ0) is 15.5. The largest absolute Gasteiger partial charge is 0.338 e. The molecule has 1 aliphatic heterocycles. The summed E-state index contributed by atoms with van der Waals surface area (Å²) in [5.41, 5.74) is 0.828. The Morgan fingerprint density at radius 3 is 3.18 bits per heavy atom. The van der Waals surface area contributed by atoms with Crippen molar-refractivity contribution >= 4 is 11.8 Å². The van der Waals surface area contributed by atoms with Gasteiger partial charge in [0.05, 0.1) is 18.8 Å². The first-order valence-electron chi connectivity index (χ1n) is 7.48. The number of anilines is 1. The van der Waals surface area contributed by atoms with E-state index in [1.165, 1.54) is 0 Å². The van der Waals surface area contributed by atoms with Gasteiger partial charge in [0.15, 0.2) is 0 Å². The molecule has 0 saturated heterocycles. The van der Waals surface area contributed by atoms with Gasteiger partial charge in [0.1, 0.15) is 12.2 Å². The minimum atomic E-state index is -0.143. The van der Waals surface area contributed by atoms with Crippen LogP contribution in [0.4, 0.5) is 5.88 Å². The van der Waals surface area contributed by atoms with E-state index in [1.807, 2.05) is 18.5 Å². The molecule has 22 heavy (non-hydrogen) atoms. The molecule has 118 valence electrons. The van der Waals surface area contributed by atoms with Gasteiger partial charge in [-0.25, -0.2) is 9.67 Å². The molecule has 8 nitrogen and oxygen atoms in total. The minimum Gasteiger partial charge on any atom is -0.338 e. The van der Waals surface area contributed by atoms with E-state index < -0.39 is 0 Å². The van der Waals surface area contributed by atoms with Crippen molar-refractivity contribution in [1.82, 2.24) is 25.2 Å². The monoisotopic (exact) mass is 304 g/mol. The molecular formula is C14H20N6O2. The van der Waals surface area contributed by atoms with Crippen LogP contribution in [0.1, 0.15) is 37.7 Å². The summed E-state index contributed by atoms with van der Waals surface area (Å²) in [6, 6.07) is 1.98. The Bertz CT molecular complexity index is 647. The molecule has 0 unspecified atom stereocenters. The van der Waals surface area contributed by atoms with Gasteiger partial charge in [-0.15, -0.1) is 0 Å². The first kappa shape index (κ1) is 14.7. The number of hydrogen-bond donors (Lipinski definition) is 2. The Hall–Kier alpha value is -2.22. The molecule has 1 aliphatic rings. The molecule has 2 aromatic heterocycles. The number of rotatable bonds is 5. The Kier molecular flexibility index (Phi) is 4.19. The maximum Gasteiger partial charge on any atom is 0.240 e.